The molecule has 0 aromatic heterocycles. The van der Waals surface area contributed by atoms with Crippen molar-refractivity contribution < 1.29 is 10.4 Å². The Morgan fingerprint density at radius 2 is 2.00 bits per heavy atom. The molecule has 0 fully saturated rings. The number of rotatable bonds is 4. The van der Waals surface area contributed by atoms with Crippen molar-refractivity contribution in [1.29, 1.82) is 0 Å². The van der Waals surface area contributed by atoms with E-state index in [1.54, 1.807) is 6.92 Å². The number of hydrogen-bond acceptors (Lipinski definition) is 1. The number of aliphatic hydroxyl groups is 1. The summed E-state index contributed by atoms with van der Waals surface area (Å²) in [4.78, 5) is 0. The summed E-state index contributed by atoms with van der Waals surface area (Å²) in [6, 6.07) is 7.77. The molecule has 3 heteroatoms. The van der Waals surface area contributed by atoms with Gasteiger partial charge in [0.05, 0.1) is 6.10 Å². The molecule has 0 spiro atoms. The molecule has 0 saturated heterocycles. The molecule has 13 heavy (non-hydrogen) atoms. The lowest BCUT2D eigenvalue weighted by Gasteiger charge is -2.03. The third-order valence-electron chi connectivity index (χ3n) is 1.80. The minimum Gasteiger partial charge on any atom is -0.388 e. The van der Waals surface area contributed by atoms with Crippen LogP contribution >= 0.6 is 11.6 Å². The van der Waals surface area contributed by atoms with Crippen molar-refractivity contribution in [2.45, 2.75) is 19.6 Å². The normalized spacial score (nSPS) is 12.8. The summed E-state index contributed by atoms with van der Waals surface area (Å²) in [7, 11) is 0. The molecule has 0 aliphatic carbocycles. The van der Waals surface area contributed by atoms with Gasteiger partial charge in [-0.05, 0) is 19.1 Å². The lowest BCUT2D eigenvalue weighted by atomic mass is 10.2. The number of benzene rings is 1. The minimum atomic E-state index is -0.243. The summed E-state index contributed by atoms with van der Waals surface area (Å²) in [5.41, 5.74) is 1.23. The van der Waals surface area contributed by atoms with Crippen LogP contribution in [0.1, 0.15) is 12.5 Å². The Kier molecular flexibility index (Phi) is 4.22. The van der Waals surface area contributed by atoms with Gasteiger partial charge in [-0.2, -0.15) is 0 Å². The Morgan fingerprint density at radius 3 is 2.54 bits per heavy atom. The first-order valence-electron chi connectivity index (χ1n) is 4.42. The number of quaternary nitrogens is 1. The van der Waals surface area contributed by atoms with E-state index >= 15 is 0 Å². The first kappa shape index (κ1) is 10.5. The second-order valence-corrected chi connectivity index (χ2v) is 3.64. The van der Waals surface area contributed by atoms with E-state index in [1.165, 1.54) is 5.56 Å². The number of nitrogens with two attached hydrogens (primary N) is 1. The van der Waals surface area contributed by atoms with Crippen molar-refractivity contribution in [3.63, 3.8) is 0 Å². The van der Waals surface area contributed by atoms with E-state index in [-0.39, 0.29) is 6.10 Å². The lowest BCUT2D eigenvalue weighted by molar-refractivity contribution is -0.676. The lowest BCUT2D eigenvalue weighted by Crippen LogP contribution is -2.84. The fourth-order valence-electron chi connectivity index (χ4n) is 1.11. The van der Waals surface area contributed by atoms with E-state index in [4.69, 9.17) is 16.7 Å². The average molecular weight is 201 g/mol. The van der Waals surface area contributed by atoms with Crippen LogP contribution in [0.15, 0.2) is 24.3 Å². The molecular formula is C10H15ClNO+. The van der Waals surface area contributed by atoms with Crippen LogP contribution in [-0.2, 0) is 6.54 Å². The molecule has 0 amide bonds. The number of hydrogen-bond donors (Lipinski definition) is 2. The van der Waals surface area contributed by atoms with E-state index in [0.29, 0.717) is 0 Å². The maximum atomic E-state index is 9.02. The zero-order valence-corrected chi connectivity index (χ0v) is 8.46. The third kappa shape index (κ3) is 4.27. The molecule has 0 unspecified atom stereocenters. The number of halogens is 1. The fourth-order valence-corrected chi connectivity index (χ4v) is 1.24. The van der Waals surface area contributed by atoms with Gasteiger partial charge in [0.15, 0.2) is 0 Å². The number of aliphatic hydroxyl groups excluding tert-OH is 1. The van der Waals surface area contributed by atoms with Crippen LogP contribution in [-0.4, -0.2) is 17.8 Å². The maximum Gasteiger partial charge on any atom is 0.102 e. The van der Waals surface area contributed by atoms with Crippen molar-refractivity contribution in [1.82, 2.24) is 0 Å². The van der Waals surface area contributed by atoms with Crippen LogP contribution in [0.5, 0.6) is 0 Å². The Bertz CT molecular complexity index is 246. The van der Waals surface area contributed by atoms with Crippen molar-refractivity contribution in [3.8, 4) is 0 Å². The van der Waals surface area contributed by atoms with E-state index in [1.807, 2.05) is 24.3 Å². The molecule has 0 aliphatic rings. The average Bonchev–Trinajstić information content (AvgIpc) is 2.08. The highest BCUT2D eigenvalue weighted by Gasteiger charge is 1.98. The van der Waals surface area contributed by atoms with Crippen LogP contribution in [0, 0.1) is 0 Å². The molecule has 1 aromatic rings. The Hall–Kier alpha value is -0.570. The van der Waals surface area contributed by atoms with Crippen molar-refractivity contribution in [2.24, 2.45) is 0 Å². The van der Waals surface area contributed by atoms with Crippen LogP contribution in [0.4, 0.5) is 0 Å². The maximum absolute atomic E-state index is 9.02. The van der Waals surface area contributed by atoms with Crippen LogP contribution in [0.25, 0.3) is 0 Å². The van der Waals surface area contributed by atoms with Gasteiger partial charge in [-0.3, -0.25) is 0 Å². The second-order valence-electron chi connectivity index (χ2n) is 3.20. The van der Waals surface area contributed by atoms with Gasteiger partial charge in [-0.25, -0.2) is 0 Å². The molecule has 0 bridgehead atoms. The van der Waals surface area contributed by atoms with Crippen molar-refractivity contribution in [3.05, 3.63) is 34.9 Å². The Morgan fingerprint density at radius 1 is 1.38 bits per heavy atom. The second kappa shape index (κ2) is 5.22. The van der Waals surface area contributed by atoms with Crippen LogP contribution < -0.4 is 5.32 Å². The van der Waals surface area contributed by atoms with Gasteiger partial charge in [-0.15, -0.1) is 0 Å². The van der Waals surface area contributed by atoms with Gasteiger partial charge in [0.1, 0.15) is 13.1 Å². The largest absolute Gasteiger partial charge is 0.388 e. The molecule has 3 N–H and O–H groups in total. The van der Waals surface area contributed by atoms with E-state index in [2.05, 4.69) is 5.32 Å². The van der Waals surface area contributed by atoms with Gasteiger partial charge in [-0.1, -0.05) is 23.7 Å². The van der Waals surface area contributed by atoms with E-state index in [0.717, 1.165) is 18.1 Å². The van der Waals surface area contributed by atoms with Crippen LogP contribution in [0.3, 0.4) is 0 Å². The van der Waals surface area contributed by atoms with Crippen LogP contribution in [0.2, 0.25) is 5.02 Å². The summed E-state index contributed by atoms with van der Waals surface area (Å²) in [5.74, 6) is 0. The highest BCUT2D eigenvalue weighted by atomic mass is 35.5. The summed E-state index contributed by atoms with van der Waals surface area (Å²) in [6.07, 6.45) is -0.243. The SMILES string of the molecule is C[C@@H](O)C[NH2+]Cc1ccc(Cl)cc1. The molecule has 72 valence electrons. The summed E-state index contributed by atoms with van der Waals surface area (Å²) in [5, 5.41) is 11.9. The summed E-state index contributed by atoms with van der Waals surface area (Å²) in [6.45, 7) is 3.42. The smallest absolute Gasteiger partial charge is 0.102 e. The first-order valence-corrected chi connectivity index (χ1v) is 4.80. The van der Waals surface area contributed by atoms with Gasteiger partial charge in [0.25, 0.3) is 0 Å². The zero-order valence-electron chi connectivity index (χ0n) is 7.70. The molecule has 0 heterocycles. The topological polar surface area (TPSA) is 36.8 Å². The molecule has 0 aliphatic heterocycles. The molecule has 0 radical (unpaired) electrons. The Balaban J connectivity index is 2.33. The van der Waals surface area contributed by atoms with Gasteiger partial charge in [0, 0.05) is 10.6 Å². The van der Waals surface area contributed by atoms with Gasteiger partial charge >= 0.3 is 0 Å². The molecule has 2 nitrogen and oxygen atoms in total. The highest BCUT2D eigenvalue weighted by Crippen LogP contribution is 2.08. The highest BCUT2D eigenvalue weighted by molar-refractivity contribution is 6.30. The molecule has 0 saturated carbocycles. The zero-order chi connectivity index (χ0) is 9.68. The van der Waals surface area contributed by atoms with Gasteiger partial charge in [0.2, 0.25) is 0 Å². The van der Waals surface area contributed by atoms with Crippen molar-refractivity contribution in [2.75, 3.05) is 6.54 Å². The molecule has 1 atom stereocenters. The quantitative estimate of drug-likeness (QED) is 0.741. The first-order chi connectivity index (χ1) is 6.18. The van der Waals surface area contributed by atoms with E-state index in [9.17, 15) is 0 Å². The van der Waals surface area contributed by atoms with Gasteiger partial charge < -0.3 is 10.4 Å². The molecule has 1 rings (SSSR count). The Labute approximate surface area is 83.5 Å². The monoisotopic (exact) mass is 200 g/mol. The summed E-state index contributed by atoms with van der Waals surface area (Å²) < 4.78 is 0. The standard InChI is InChI=1S/C10H14ClNO/c1-8(13)6-12-7-9-2-4-10(11)5-3-9/h2-5,8,12-13H,6-7H2,1H3/p+1/t8-/m1/s1. The van der Waals surface area contributed by atoms with E-state index < -0.39 is 0 Å². The third-order valence-corrected chi connectivity index (χ3v) is 2.05. The fraction of sp³-hybridized carbons (Fsp3) is 0.400. The molecular weight excluding hydrogens is 186 g/mol. The predicted octanol–water partition coefficient (Wildman–Crippen LogP) is 0.784. The van der Waals surface area contributed by atoms with Crippen molar-refractivity contribution >= 4 is 11.6 Å². The molecule has 1 aromatic carbocycles. The predicted molar refractivity (Wildman–Crippen MR) is 53.6 cm³/mol. The summed E-state index contributed by atoms with van der Waals surface area (Å²) >= 11 is 5.75. The minimum absolute atomic E-state index is 0.243.